The molecule has 1 atom stereocenters. The van der Waals surface area contributed by atoms with Crippen LogP contribution in [0.15, 0.2) is 33.6 Å². The lowest BCUT2D eigenvalue weighted by molar-refractivity contribution is -0.136. The number of amidine groups is 1. The van der Waals surface area contributed by atoms with Crippen molar-refractivity contribution in [2.45, 2.75) is 44.4 Å². The number of rotatable bonds is 5. The summed E-state index contributed by atoms with van der Waals surface area (Å²) in [7, 11) is -3.62. The molecule has 2 heterocycles. The molecule has 2 aliphatic rings. The van der Waals surface area contributed by atoms with E-state index >= 15 is 0 Å². The lowest BCUT2D eigenvalue weighted by atomic mass is 9.95. The summed E-state index contributed by atoms with van der Waals surface area (Å²) in [6.45, 7) is 6.98. The van der Waals surface area contributed by atoms with E-state index in [9.17, 15) is 13.2 Å². The molecule has 1 saturated heterocycles. The second kappa shape index (κ2) is 7.78. The minimum absolute atomic E-state index is 0.0972. The third-order valence-corrected chi connectivity index (χ3v) is 6.31. The number of hydrogen-bond donors (Lipinski definition) is 0. The average Bonchev–Trinajstić information content (AvgIpc) is 2.93. The molecule has 1 aromatic rings. The molecule has 0 saturated carbocycles. The van der Waals surface area contributed by atoms with Gasteiger partial charge in [0, 0.05) is 31.7 Å². The summed E-state index contributed by atoms with van der Waals surface area (Å²) in [4.78, 5) is 17.1. The van der Waals surface area contributed by atoms with Crippen molar-refractivity contribution < 1.29 is 13.2 Å². The predicted octanol–water partition coefficient (Wildman–Crippen LogP) is 2.50. The van der Waals surface area contributed by atoms with Gasteiger partial charge >= 0.3 is 0 Å². The zero-order valence-electron chi connectivity index (χ0n) is 15.5. The molecule has 142 valence electrons. The van der Waals surface area contributed by atoms with Gasteiger partial charge in [-0.15, -0.1) is 4.40 Å². The first-order valence-electron chi connectivity index (χ1n) is 9.46. The molecule has 0 spiro atoms. The molecular formula is C19H27N3O3S. The SMILES string of the molecule is CCCN(CCC)C(=O)[C@H]1CCCN(C2=NS(=O)(=O)c3ccccc32)C1. The zero-order chi connectivity index (χ0) is 18.7. The van der Waals surface area contributed by atoms with Crippen LogP contribution in [0.4, 0.5) is 0 Å². The van der Waals surface area contributed by atoms with Crippen LogP contribution in [0.3, 0.4) is 0 Å². The van der Waals surface area contributed by atoms with Gasteiger partial charge in [0.1, 0.15) is 4.90 Å². The monoisotopic (exact) mass is 377 g/mol. The van der Waals surface area contributed by atoms with E-state index in [1.54, 1.807) is 18.2 Å². The molecule has 0 bridgehead atoms. The normalized spacial score (nSPS) is 21.2. The lowest BCUT2D eigenvalue weighted by Crippen LogP contribution is -2.47. The molecule has 7 heteroatoms. The smallest absolute Gasteiger partial charge is 0.285 e. The molecule has 0 aliphatic carbocycles. The van der Waals surface area contributed by atoms with Crippen LogP contribution in [0.25, 0.3) is 0 Å². The van der Waals surface area contributed by atoms with Gasteiger partial charge in [-0.3, -0.25) is 4.79 Å². The van der Waals surface area contributed by atoms with Crippen molar-refractivity contribution in [3.63, 3.8) is 0 Å². The molecule has 26 heavy (non-hydrogen) atoms. The van der Waals surface area contributed by atoms with Crippen molar-refractivity contribution in [1.82, 2.24) is 9.80 Å². The van der Waals surface area contributed by atoms with Gasteiger partial charge in [0.25, 0.3) is 10.0 Å². The van der Waals surface area contributed by atoms with Gasteiger partial charge in [-0.25, -0.2) is 0 Å². The molecule has 0 unspecified atom stereocenters. The van der Waals surface area contributed by atoms with Gasteiger partial charge in [0.05, 0.1) is 5.92 Å². The van der Waals surface area contributed by atoms with E-state index in [1.807, 2.05) is 15.9 Å². The van der Waals surface area contributed by atoms with E-state index < -0.39 is 10.0 Å². The Hall–Kier alpha value is -1.89. The Balaban J connectivity index is 1.80. The van der Waals surface area contributed by atoms with Crippen molar-refractivity contribution in [2.24, 2.45) is 10.3 Å². The van der Waals surface area contributed by atoms with Crippen molar-refractivity contribution in [1.29, 1.82) is 0 Å². The summed E-state index contributed by atoms with van der Waals surface area (Å²) in [5.41, 5.74) is 0.652. The van der Waals surface area contributed by atoms with Crippen LogP contribution in [-0.2, 0) is 14.8 Å². The number of benzene rings is 1. The second-order valence-corrected chi connectivity index (χ2v) is 8.57. The summed E-state index contributed by atoms with van der Waals surface area (Å²) < 4.78 is 28.6. The maximum absolute atomic E-state index is 13.0. The fourth-order valence-electron chi connectivity index (χ4n) is 3.82. The summed E-state index contributed by atoms with van der Waals surface area (Å²) in [6, 6.07) is 6.93. The topological polar surface area (TPSA) is 70.1 Å². The Bertz CT molecular complexity index is 798. The Morgan fingerprint density at radius 1 is 1.23 bits per heavy atom. The van der Waals surface area contributed by atoms with Crippen LogP contribution < -0.4 is 0 Å². The van der Waals surface area contributed by atoms with Crippen LogP contribution in [-0.4, -0.2) is 56.1 Å². The Kier molecular flexibility index (Phi) is 5.65. The second-order valence-electron chi connectivity index (χ2n) is 7.00. The number of nitrogens with zero attached hydrogens (tertiary/aromatic N) is 3. The lowest BCUT2D eigenvalue weighted by Gasteiger charge is -2.36. The molecule has 3 rings (SSSR count). The maximum atomic E-state index is 13.0. The van der Waals surface area contributed by atoms with Crippen LogP contribution in [0, 0.1) is 5.92 Å². The number of carbonyl (C=O) groups excluding carboxylic acids is 1. The largest absolute Gasteiger partial charge is 0.355 e. The Labute approximate surface area is 156 Å². The minimum Gasteiger partial charge on any atom is -0.355 e. The molecular weight excluding hydrogens is 350 g/mol. The first kappa shape index (κ1) is 18.9. The molecule has 0 N–H and O–H groups in total. The highest BCUT2D eigenvalue weighted by Crippen LogP contribution is 2.30. The van der Waals surface area contributed by atoms with Gasteiger partial charge in [0.2, 0.25) is 5.91 Å². The number of sulfonamides is 1. The number of piperidine rings is 1. The highest BCUT2D eigenvalue weighted by Gasteiger charge is 2.36. The fraction of sp³-hybridized carbons (Fsp3) is 0.579. The fourth-order valence-corrected chi connectivity index (χ4v) is 5.05. The van der Waals surface area contributed by atoms with Gasteiger partial charge in [-0.1, -0.05) is 26.0 Å². The Morgan fingerprint density at radius 3 is 2.62 bits per heavy atom. The molecule has 6 nitrogen and oxygen atoms in total. The van der Waals surface area contributed by atoms with Crippen molar-refractivity contribution >= 4 is 21.8 Å². The van der Waals surface area contributed by atoms with Gasteiger partial charge in [-0.2, -0.15) is 8.42 Å². The average molecular weight is 378 g/mol. The molecule has 0 aromatic heterocycles. The number of fused-ring (bicyclic) bond motifs is 1. The third-order valence-electron chi connectivity index (χ3n) is 4.98. The van der Waals surface area contributed by atoms with E-state index in [1.165, 1.54) is 0 Å². The van der Waals surface area contributed by atoms with Crippen LogP contribution in [0.2, 0.25) is 0 Å². The zero-order valence-corrected chi connectivity index (χ0v) is 16.3. The van der Waals surface area contributed by atoms with E-state index in [0.717, 1.165) is 45.3 Å². The van der Waals surface area contributed by atoms with Crippen LogP contribution >= 0.6 is 0 Å². The number of hydrogen-bond acceptors (Lipinski definition) is 4. The highest BCUT2D eigenvalue weighted by molar-refractivity contribution is 7.90. The summed E-state index contributed by atoms with van der Waals surface area (Å²) in [5, 5.41) is 0. The molecule has 1 amide bonds. The summed E-state index contributed by atoms with van der Waals surface area (Å²) >= 11 is 0. The number of amides is 1. The van der Waals surface area contributed by atoms with Gasteiger partial charge < -0.3 is 9.80 Å². The van der Waals surface area contributed by atoms with Crippen LogP contribution in [0.1, 0.15) is 45.1 Å². The number of likely N-dealkylation sites (tertiary alicyclic amines) is 1. The van der Waals surface area contributed by atoms with Gasteiger partial charge in [0.15, 0.2) is 5.84 Å². The first-order valence-corrected chi connectivity index (χ1v) is 10.9. The third kappa shape index (κ3) is 3.63. The first-order chi connectivity index (χ1) is 12.5. The maximum Gasteiger partial charge on any atom is 0.285 e. The molecule has 0 radical (unpaired) electrons. The molecule has 2 aliphatic heterocycles. The Morgan fingerprint density at radius 2 is 1.92 bits per heavy atom. The summed E-state index contributed by atoms with van der Waals surface area (Å²) in [5.74, 6) is 0.587. The van der Waals surface area contributed by atoms with E-state index in [0.29, 0.717) is 17.9 Å². The van der Waals surface area contributed by atoms with E-state index in [2.05, 4.69) is 18.2 Å². The molecule has 1 fully saturated rings. The predicted molar refractivity (Wildman–Crippen MR) is 102 cm³/mol. The minimum atomic E-state index is -3.62. The molecule has 1 aromatic carbocycles. The van der Waals surface area contributed by atoms with Crippen molar-refractivity contribution in [3.05, 3.63) is 29.8 Å². The van der Waals surface area contributed by atoms with Crippen molar-refractivity contribution in [3.8, 4) is 0 Å². The number of carbonyl (C=O) groups is 1. The van der Waals surface area contributed by atoms with Gasteiger partial charge in [-0.05, 0) is 37.8 Å². The van der Waals surface area contributed by atoms with E-state index in [-0.39, 0.29) is 16.7 Å². The summed E-state index contributed by atoms with van der Waals surface area (Å²) in [6.07, 6.45) is 3.60. The van der Waals surface area contributed by atoms with Crippen molar-refractivity contribution in [2.75, 3.05) is 26.2 Å². The van der Waals surface area contributed by atoms with Crippen LogP contribution in [0.5, 0.6) is 0 Å². The van der Waals surface area contributed by atoms with E-state index in [4.69, 9.17) is 0 Å². The quantitative estimate of drug-likeness (QED) is 0.790. The standard InChI is InChI=1S/C19H27N3O3S/c1-3-11-21(12-4-2)19(23)15-8-7-13-22(14-15)18-16-9-5-6-10-17(16)26(24,25)20-18/h5-6,9-10,15H,3-4,7-8,11-14H2,1-2H3/t15-/m0/s1. The highest BCUT2D eigenvalue weighted by atomic mass is 32.2.